The first-order chi connectivity index (χ1) is 9.85. The van der Waals surface area contributed by atoms with E-state index in [0.717, 1.165) is 0 Å². The standard InChI is InChI=1S/C15H21NO5/c1-4-21-15(20)10(3)16-14(19)7-9(2)12-6-5-11(17)8-13(12)18/h5-6,8-10,17-18H,4,7H2,1-3H3,(H,16,19)/t9?,10-/m1/s1. The Morgan fingerprint density at radius 2 is 1.95 bits per heavy atom. The molecule has 0 fully saturated rings. The summed E-state index contributed by atoms with van der Waals surface area (Å²) in [6.07, 6.45) is 0.113. The van der Waals surface area contributed by atoms with Gasteiger partial charge in [-0.3, -0.25) is 4.79 Å². The minimum Gasteiger partial charge on any atom is -0.508 e. The van der Waals surface area contributed by atoms with Gasteiger partial charge in [-0.15, -0.1) is 0 Å². The molecule has 6 nitrogen and oxygen atoms in total. The van der Waals surface area contributed by atoms with E-state index in [9.17, 15) is 19.8 Å². The van der Waals surface area contributed by atoms with Crippen molar-refractivity contribution in [1.82, 2.24) is 5.32 Å². The van der Waals surface area contributed by atoms with Crippen LogP contribution in [-0.4, -0.2) is 34.7 Å². The molecule has 116 valence electrons. The summed E-state index contributed by atoms with van der Waals surface area (Å²) in [6, 6.07) is 3.53. The van der Waals surface area contributed by atoms with E-state index in [-0.39, 0.29) is 36.4 Å². The van der Waals surface area contributed by atoms with Crippen molar-refractivity contribution in [1.29, 1.82) is 0 Å². The molecule has 2 atom stereocenters. The van der Waals surface area contributed by atoms with Gasteiger partial charge in [-0.05, 0) is 31.4 Å². The molecule has 0 saturated carbocycles. The van der Waals surface area contributed by atoms with Gasteiger partial charge in [0, 0.05) is 12.5 Å². The summed E-state index contributed by atoms with van der Waals surface area (Å²) >= 11 is 0. The third-order valence-corrected chi connectivity index (χ3v) is 3.05. The molecule has 1 amide bonds. The van der Waals surface area contributed by atoms with Gasteiger partial charge in [-0.2, -0.15) is 0 Å². The third kappa shape index (κ3) is 4.98. The molecule has 21 heavy (non-hydrogen) atoms. The highest BCUT2D eigenvalue weighted by Crippen LogP contribution is 2.30. The SMILES string of the molecule is CCOC(=O)[C@@H](C)NC(=O)CC(C)c1ccc(O)cc1O. The van der Waals surface area contributed by atoms with Crippen LogP contribution < -0.4 is 5.32 Å². The molecule has 0 aromatic heterocycles. The second kappa shape index (κ2) is 7.52. The number of hydrogen-bond donors (Lipinski definition) is 3. The number of esters is 1. The normalized spacial score (nSPS) is 13.3. The van der Waals surface area contributed by atoms with E-state index >= 15 is 0 Å². The number of amides is 1. The van der Waals surface area contributed by atoms with Crippen LogP contribution in [0.4, 0.5) is 0 Å². The van der Waals surface area contributed by atoms with Crippen molar-refractivity contribution in [2.45, 2.75) is 39.2 Å². The Morgan fingerprint density at radius 1 is 1.29 bits per heavy atom. The minimum absolute atomic E-state index is 0.0381. The quantitative estimate of drug-likeness (QED) is 0.694. The van der Waals surface area contributed by atoms with Crippen LogP contribution in [0.2, 0.25) is 0 Å². The van der Waals surface area contributed by atoms with E-state index in [2.05, 4.69) is 5.32 Å². The number of aromatic hydroxyl groups is 2. The molecule has 0 aliphatic carbocycles. The van der Waals surface area contributed by atoms with Crippen molar-refractivity contribution >= 4 is 11.9 Å². The molecular formula is C15H21NO5. The number of phenolic OH excluding ortho intramolecular Hbond substituents is 2. The number of rotatable bonds is 6. The summed E-state index contributed by atoms with van der Waals surface area (Å²) in [5.41, 5.74) is 0.562. The van der Waals surface area contributed by atoms with Crippen LogP contribution in [0, 0.1) is 0 Å². The Morgan fingerprint density at radius 3 is 2.52 bits per heavy atom. The molecule has 1 unspecified atom stereocenters. The van der Waals surface area contributed by atoms with Crippen molar-refractivity contribution in [3.63, 3.8) is 0 Å². The summed E-state index contributed by atoms with van der Waals surface area (Å²) in [7, 11) is 0. The van der Waals surface area contributed by atoms with Gasteiger partial charge in [-0.1, -0.05) is 13.0 Å². The Bertz CT molecular complexity index is 515. The molecule has 0 aliphatic heterocycles. The fraction of sp³-hybridized carbons (Fsp3) is 0.467. The predicted molar refractivity (Wildman–Crippen MR) is 77.0 cm³/mol. The van der Waals surface area contributed by atoms with Crippen LogP contribution >= 0.6 is 0 Å². The zero-order valence-corrected chi connectivity index (χ0v) is 12.4. The van der Waals surface area contributed by atoms with Crippen LogP contribution in [0.15, 0.2) is 18.2 Å². The number of ether oxygens (including phenoxy) is 1. The molecule has 1 aromatic rings. The van der Waals surface area contributed by atoms with Crippen LogP contribution in [-0.2, 0) is 14.3 Å². The summed E-state index contributed by atoms with van der Waals surface area (Å²) in [6.45, 7) is 5.29. The van der Waals surface area contributed by atoms with Crippen molar-refractivity contribution in [3.05, 3.63) is 23.8 Å². The predicted octanol–water partition coefficient (Wildman–Crippen LogP) is 1.66. The van der Waals surface area contributed by atoms with Crippen molar-refractivity contribution in [2.24, 2.45) is 0 Å². The van der Waals surface area contributed by atoms with Gasteiger partial charge in [0.05, 0.1) is 6.61 Å². The molecule has 0 saturated heterocycles. The third-order valence-electron chi connectivity index (χ3n) is 3.05. The highest BCUT2D eigenvalue weighted by Gasteiger charge is 2.19. The average molecular weight is 295 g/mol. The first-order valence-electron chi connectivity index (χ1n) is 6.83. The Balaban J connectivity index is 2.60. The molecule has 0 heterocycles. The second-order valence-corrected chi connectivity index (χ2v) is 4.89. The lowest BCUT2D eigenvalue weighted by Gasteiger charge is -2.16. The van der Waals surface area contributed by atoms with E-state index in [1.54, 1.807) is 26.8 Å². The van der Waals surface area contributed by atoms with Crippen LogP contribution in [0.5, 0.6) is 11.5 Å². The topological polar surface area (TPSA) is 95.9 Å². The maximum absolute atomic E-state index is 11.9. The number of nitrogens with one attached hydrogen (secondary N) is 1. The molecule has 6 heteroatoms. The summed E-state index contributed by atoms with van der Waals surface area (Å²) in [5, 5.41) is 21.5. The number of carbonyl (C=O) groups excluding carboxylic acids is 2. The lowest BCUT2D eigenvalue weighted by atomic mass is 9.96. The molecule has 3 N–H and O–H groups in total. The van der Waals surface area contributed by atoms with Gasteiger partial charge in [0.15, 0.2) is 0 Å². The molecule has 0 aliphatic rings. The second-order valence-electron chi connectivity index (χ2n) is 4.89. The fourth-order valence-corrected chi connectivity index (χ4v) is 1.96. The van der Waals surface area contributed by atoms with Gasteiger partial charge < -0.3 is 20.3 Å². The first kappa shape index (κ1) is 16.8. The number of carbonyl (C=O) groups is 2. The van der Waals surface area contributed by atoms with Crippen molar-refractivity contribution < 1.29 is 24.5 Å². The number of phenols is 2. The first-order valence-corrected chi connectivity index (χ1v) is 6.83. The van der Waals surface area contributed by atoms with Gasteiger partial charge >= 0.3 is 5.97 Å². The van der Waals surface area contributed by atoms with E-state index in [1.807, 2.05) is 0 Å². The maximum atomic E-state index is 11.9. The van der Waals surface area contributed by atoms with Crippen LogP contribution in [0.1, 0.15) is 38.7 Å². The van der Waals surface area contributed by atoms with E-state index in [4.69, 9.17) is 4.74 Å². The molecular weight excluding hydrogens is 274 g/mol. The Hall–Kier alpha value is -2.24. The summed E-state index contributed by atoms with van der Waals surface area (Å²) in [4.78, 5) is 23.3. The van der Waals surface area contributed by atoms with Crippen LogP contribution in [0.25, 0.3) is 0 Å². The van der Waals surface area contributed by atoms with Gasteiger partial charge in [-0.25, -0.2) is 4.79 Å². The number of benzene rings is 1. The lowest BCUT2D eigenvalue weighted by molar-refractivity contribution is -0.146. The summed E-state index contributed by atoms with van der Waals surface area (Å²) in [5.74, 6) is -1.14. The van der Waals surface area contributed by atoms with E-state index in [0.29, 0.717) is 5.56 Å². The van der Waals surface area contributed by atoms with Gasteiger partial charge in [0.1, 0.15) is 17.5 Å². The maximum Gasteiger partial charge on any atom is 0.328 e. The Kier molecular flexibility index (Phi) is 6.02. The highest BCUT2D eigenvalue weighted by molar-refractivity contribution is 5.84. The van der Waals surface area contributed by atoms with Crippen molar-refractivity contribution in [2.75, 3.05) is 6.61 Å². The molecule has 0 radical (unpaired) electrons. The lowest BCUT2D eigenvalue weighted by Crippen LogP contribution is -2.39. The van der Waals surface area contributed by atoms with Crippen molar-refractivity contribution in [3.8, 4) is 11.5 Å². The van der Waals surface area contributed by atoms with E-state index < -0.39 is 12.0 Å². The smallest absolute Gasteiger partial charge is 0.328 e. The zero-order valence-electron chi connectivity index (χ0n) is 12.4. The van der Waals surface area contributed by atoms with Gasteiger partial charge in [0.2, 0.25) is 5.91 Å². The fourth-order valence-electron chi connectivity index (χ4n) is 1.96. The molecule has 1 rings (SSSR count). The summed E-state index contributed by atoms with van der Waals surface area (Å²) < 4.78 is 4.81. The Labute approximate surface area is 123 Å². The van der Waals surface area contributed by atoms with Crippen LogP contribution in [0.3, 0.4) is 0 Å². The molecule has 0 bridgehead atoms. The van der Waals surface area contributed by atoms with Gasteiger partial charge in [0.25, 0.3) is 0 Å². The molecule has 0 spiro atoms. The largest absolute Gasteiger partial charge is 0.508 e. The minimum atomic E-state index is -0.710. The zero-order chi connectivity index (χ0) is 16.0. The highest BCUT2D eigenvalue weighted by atomic mass is 16.5. The average Bonchev–Trinajstić information content (AvgIpc) is 2.38. The molecule has 1 aromatic carbocycles. The van der Waals surface area contributed by atoms with E-state index in [1.165, 1.54) is 12.1 Å². The number of hydrogen-bond acceptors (Lipinski definition) is 5. The monoisotopic (exact) mass is 295 g/mol.